The summed E-state index contributed by atoms with van der Waals surface area (Å²) in [5.74, 6) is 0. The first kappa shape index (κ1) is 13.2. The topological polar surface area (TPSA) is 72.2 Å². The van der Waals surface area contributed by atoms with Crippen LogP contribution in [0.4, 0.5) is 5.69 Å². The molecular formula is C12H16N2O3S. The minimum atomic E-state index is -1.29. The zero-order valence-electron chi connectivity index (χ0n) is 10.2. The molecule has 1 fully saturated rings. The van der Waals surface area contributed by atoms with Crippen molar-refractivity contribution < 1.29 is 9.13 Å². The Bertz CT molecular complexity index is 478. The van der Waals surface area contributed by atoms with Crippen molar-refractivity contribution in [1.82, 2.24) is 5.32 Å². The summed E-state index contributed by atoms with van der Waals surface area (Å²) in [5.41, 5.74) is -0.0382. The Labute approximate surface area is 108 Å². The van der Waals surface area contributed by atoms with Gasteiger partial charge in [0.05, 0.1) is 15.7 Å². The van der Waals surface area contributed by atoms with Gasteiger partial charge in [0, 0.05) is 17.4 Å². The maximum Gasteiger partial charge on any atom is 0.285 e. The Balaban J connectivity index is 2.22. The highest BCUT2D eigenvalue weighted by Gasteiger charge is 2.31. The van der Waals surface area contributed by atoms with Crippen LogP contribution in [0.1, 0.15) is 19.3 Å². The molecule has 2 rings (SSSR count). The number of benzene rings is 1. The fraction of sp³-hybridized carbons (Fsp3) is 0.500. The van der Waals surface area contributed by atoms with Crippen molar-refractivity contribution in [2.75, 3.05) is 7.05 Å². The standard InChI is InChI=1S/C12H16N2O3S/c1-13-9-6-7-10(8-9)18(17)12-5-3-2-4-11(12)14(15)16/h2-5,9-10,13H,6-8H2,1H3. The summed E-state index contributed by atoms with van der Waals surface area (Å²) in [6.07, 6.45) is 2.65. The van der Waals surface area contributed by atoms with Gasteiger partial charge in [0.2, 0.25) is 0 Å². The highest BCUT2D eigenvalue weighted by Crippen LogP contribution is 2.31. The third-order valence-corrected chi connectivity index (χ3v) is 5.19. The maximum atomic E-state index is 12.4. The molecule has 5 nitrogen and oxygen atoms in total. The van der Waals surface area contributed by atoms with Gasteiger partial charge in [-0.1, -0.05) is 12.1 Å². The molecule has 1 aromatic rings. The van der Waals surface area contributed by atoms with Crippen LogP contribution in [-0.2, 0) is 10.8 Å². The summed E-state index contributed by atoms with van der Waals surface area (Å²) < 4.78 is 12.4. The second-order valence-electron chi connectivity index (χ2n) is 4.44. The summed E-state index contributed by atoms with van der Waals surface area (Å²) >= 11 is 0. The van der Waals surface area contributed by atoms with Crippen LogP contribution in [0.2, 0.25) is 0 Å². The van der Waals surface area contributed by atoms with E-state index in [9.17, 15) is 14.3 Å². The summed E-state index contributed by atoms with van der Waals surface area (Å²) in [4.78, 5) is 10.8. The van der Waals surface area contributed by atoms with E-state index in [0.29, 0.717) is 10.9 Å². The summed E-state index contributed by atoms with van der Waals surface area (Å²) in [5, 5.41) is 14.1. The lowest BCUT2D eigenvalue weighted by Gasteiger charge is -2.11. The molecule has 6 heteroatoms. The van der Waals surface area contributed by atoms with Crippen LogP contribution in [0.25, 0.3) is 0 Å². The molecular weight excluding hydrogens is 252 g/mol. The third kappa shape index (κ3) is 2.59. The summed E-state index contributed by atoms with van der Waals surface area (Å²) in [6.45, 7) is 0. The lowest BCUT2D eigenvalue weighted by atomic mass is 10.3. The number of hydrogen-bond acceptors (Lipinski definition) is 4. The molecule has 1 aliphatic carbocycles. The number of nitro groups is 1. The quantitative estimate of drug-likeness (QED) is 0.668. The molecule has 98 valence electrons. The molecule has 0 aliphatic heterocycles. The van der Waals surface area contributed by atoms with E-state index in [1.807, 2.05) is 7.05 Å². The number of nitrogens with zero attached hydrogens (tertiary/aromatic N) is 1. The zero-order chi connectivity index (χ0) is 13.1. The Morgan fingerprint density at radius 2 is 2.11 bits per heavy atom. The first-order chi connectivity index (χ1) is 8.63. The Morgan fingerprint density at radius 3 is 2.72 bits per heavy atom. The van der Waals surface area contributed by atoms with Gasteiger partial charge in [0.25, 0.3) is 5.69 Å². The van der Waals surface area contributed by atoms with Crippen molar-refractivity contribution in [3.05, 3.63) is 34.4 Å². The van der Waals surface area contributed by atoms with Crippen molar-refractivity contribution in [3.8, 4) is 0 Å². The SMILES string of the molecule is CNC1CCC(S(=O)c2ccccc2[N+](=O)[O-])C1. The molecule has 0 bridgehead atoms. The van der Waals surface area contributed by atoms with Gasteiger partial charge in [-0.15, -0.1) is 0 Å². The van der Waals surface area contributed by atoms with Gasteiger partial charge in [-0.2, -0.15) is 0 Å². The number of nitro benzene ring substituents is 1. The van der Waals surface area contributed by atoms with Crippen molar-refractivity contribution in [2.45, 2.75) is 35.4 Å². The fourth-order valence-corrected chi connectivity index (χ4v) is 4.03. The average Bonchev–Trinajstić information content (AvgIpc) is 2.86. The smallest absolute Gasteiger partial charge is 0.285 e. The van der Waals surface area contributed by atoms with E-state index < -0.39 is 15.7 Å². The van der Waals surface area contributed by atoms with Crippen molar-refractivity contribution in [3.63, 3.8) is 0 Å². The lowest BCUT2D eigenvalue weighted by Crippen LogP contribution is -2.23. The van der Waals surface area contributed by atoms with Crippen LogP contribution in [0, 0.1) is 10.1 Å². The normalized spacial score (nSPS) is 24.9. The van der Waals surface area contributed by atoms with E-state index >= 15 is 0 Å². The number of rotatable bonds is 4. The van der Waals surface area contributed by atoms with Gasteiger partial charge in [0.1, 0.15) is 4.90 Å². The molecule has 0 amide bonds. The van der Waals surface area contributed by atoms with E-state index in [1.54, 1.807) is 18.2 Å². The zero-order valence-corrected chi connectivity index (χ0v) is 11.0. The highest BCUT2D eigenvalue weighted by atomic mass is 32.2. The number of hydrogen-bond donors (Lipinski definition) is 1. The van der Waals surface area contributed by atoms with Crippen molar-refractivity contribution in [2.24, 2.45) is 0 Å². The van der Waals surface area contributed by atoms with E-state index in [0.717, 1.165) is 19.3 Å². The molecule has 0 aromatic heterocycles. The van der Waals surface area contributed by atoms with Crippen LogP contribution in [0.5, 0.6) is 0 Å². The van der Waals surface area contributed by atoms with Gasteiger partial charge in [-0.05, 0) is 32.4 Å². The minimum absolute atomic E-state index is 0.0172. The predicted octanol–water partition coefficient (Wildman–Crippen LogP) is 1.84. The molecule has 0 saturated heterocycles. The van der Waals surface area contributed by atoms with E-state index in [1.165, 1.54) is 6.07 Å². The highest BCUT2D eigenvalue weighted by molar-refractivity contribution is 7.85. The maximum absolute atomic E-state index is 12.4. The molecule has 1 N–H and O–H groups in total. The van der Waals surface area contributed by atoms with Gasteiger partial charge < -0.3 is 5.32 Å². The van der Waals surface area contributed by atoms with E-state index in [4.69, 9.17) is 0 Å². The molecule has 18 heavy (non-hydrogen) atoms. The number of para-hydroxylation sites is 1. The monoisotopic (exact) mass is 268 g/mol. The van der Waals surface area contributed by atoms with Gasteiger partial charge >= 0.3 is 0 Å². The van der Waals surface area contributed by atoms with E-state index in [2.05, 4.69) is 5.32 Å². The Kier molecular flexibility index (Phi) is 4.08. The van der Waals surface area contributed by atoms with Crippen LogP contribution in [-0.4, -0.2) is 27.5 Å². The van der Waals surface area contributed by atoms with Crippen LogP contribution in [0.3, 0.4) is 0 Å². The summed E-state index contributed by atoms with van der Waals surface area (Å²) in [7, 11) is 0.595. The van der Waals surface area contributed by atoms with Gasteiger partial charge in [0.15, 0.2) is 0 Å². The van der Waals surface area contributed by atoms with Crippen LogP contribution >= 0.6 is 0 Å². The Morgan fingerprint density at radius 1 is 1.39 bits per heavy atom. The van der Waals surface area contributed by atoms with Crippen LogP contribution in [0.15, 0.2) is 29.2 Å². The molecule has 1 aromatic carbocycles. The average molecular weight is 268 g/mol. The molecule has 0 radical (unpaired) electrons. The lowest BCUT2D eigenvalue weighted by molar-refractivity contribution is -0.387. The van der Waals surface area contributed by atoms with Gasteiger partial charge in [-0.3, -0.25) is 14.3 Å². The second kappa shape index (κ2) is 5.58. The predicted molar refractivity (Wildman–Crippen MR) is 70.0 cm³/mol. The van der Waals surface area contributed by atoms with Crippen LogP contribution < -0.4 is 5.32 Å². The van der Waals surface area contributed by atoms with Crippen molar-refractivity contribution in [1.29, 1.82) is 0 Å². The Hall–Kier alpha value is -1.27. The first-order valence-electron chi connectivity index (χ1n) is 5.94. The fourth-order valence-electron chi connectivity index (χ4n) is 2.35. The molecule has 0 spiro atoms. The molecule has 3 atom stereocenters. The molecule has 1 aliphatic rings. The molecule has 3 unspecified atom stereocenters. The second-order valence-corrected chi connectivity index (χ2v) is 6.14. The molecule has 1 saturated carbocycles. The van der Waals surface area contributed by atoms with E-state index in [-0.39, 0.29) is 10.9 Å². The third-order valence-electron chi connectivity index (χ3n) is 3.37. The number of nitrogens with one attached hydrogen (secondary N) is 1. The largest absolute Gasteiger partial charge is 0.317 e. The summed E-state index contributed by atoms with van der Waals surface area (Å²) in [6, 6.07) is 6.69. The molecule has 0 heterocycles. The minimum Gasteiger partial charge on any atom is -0.317 e. The van der Waals surface area contributed by atoms with Crippen molar-refractivity contribution >= 4 is 16.5 Å². The first-order valence-corrected chi connectivity index (χ1v) is 7.16. The van der Waals surface area contributed by atoms with Gasteiger partial charge in [-0.25, -0.2) is 0 Å².